The van der Waals surface area contributed by atoms with Gasteiger partial charge in [-0.1, -0.05) is 0 Å². The van der Waals surface area contributed by atoms with Crippen molar-refractivity contribution < 1.29 is 22.8 Å². The molecular formula is C20H20F3N3O2. The Balaban J connectivity index is 1.44. The van der Waals surface area contributed by atoms with Gasteiger partial charge < -0.3 is 15.5 Å². The molecule has 2 aromatic rings. The summed E-state index contributed by atoms with van der Waals surface area (Å²) in [5.74, 6) is -2.44. The van der Waals surface area contributed by atoms with Crippen LogP contribution in [0.1, 0.15) is 23.2 Å². The standard InChI is InChI=1S/C20H20F3N3O2/c21-14-1-4-16(5-2-14)25-20(28)26-9-7-13(8-10-26)12-24-19(27)17-6-3-15(22)11-18(17)23/h1-6,11,13H,7-10,12H2,(H,24,27)(H,25,28). The fourth-order valence-corrected chi connectivity index (χ4v) is 3.08. The van der Waals surface area contributed by atoms with Crippen molar-refractivity contribution in [2.75, 3.05) is 25.0 Å². The maximum absolute atomic E-state index is 13.6. The number of piperidine rings is 1. The van der Waals surface area contributed by atoms with Crippen LogP contribution < -0.4 is 10.6 Å². The molecule has 0 aliphatic carbocycles. The fraction of sp³-hybridized carbons (Fsp3) is 0.300. The predicted molar refractivity (Wildman–Crippen MR) is 98.4 cm³/mol. The molecule has 8 heteroatoms. The summed E-state index contributed by atoms with van der Waals surface area (Å²) >= 11 is 0. The molecular weight excluding hydrogens is 371 g/mol. The van der Waals surface area contributed by atoms with Crippen LogP contribution >= 0.6 is 0 Å². The molecule has 3 amide bonds. The number of hydrogen-bond acceptors (Lipinski definition) is 2. The molecule has 2 aromatic carbocycles. The van der Waals surface area contributed by atoms with Gasteiger partial charge in [0, 0.05) is 31.4 Å². The second-order valence-electron chi connectivity index (χ2n) is 6.70. The van der Waals surface area contributed by atoms with Gasteiger partial charge >= 0.3 is 6.03 Å². The van der Waals surface area contributed by atoms with Crippen LogP contribution in [0.15, 0.2) is 42.5 Å². The molecule has 0 spiro atoms. The lowest BCUT2D eigenvalue weighted by Gasteiger charge is -2.32. The molecule has 0 bridgehead atoms. The smallest absolute Gasteiger partial charge is 0.321 e. The van der Waals surface area contributed by atoms with Gasteiger partial charge in [0.05, 0.1) is 5.56 Å². The molecule has 28 heavy (non-hydrogen) atoms. The molecule has 1 aliphatic heterocycles. The van der Waals surface area contributed by atoms with Gasteiger partial charge in [-0.2, -0.15) is 0 Å². The third-order valence-electron chi connectivity index (χ3n) is 4.72. The molecule has 1 fully saturated rings. The van der Waals surface area contributed by atoms with E-state index in [4.69, 9.17) is 0 Å². The highest BCUT2D eigenvalue weighted by molar-refractivity contribution is 5.94. The van der Waals surface area contributed by atoms with E-state index in [2.05, 4.69) is 10.6 Å². The monoisotopic (exact) mass is 391 g/mol. The molecule has 0 unspecified atom stereocenters. The highest BCUT2D eigenvalue weighted by Crippen LogP contribution is 2.18. The number of rotatable bonds is 4. The van der Waals surface area contributed by atoms with Gasteiger partial charge in [-0.3, -0.25) is 4.79 Å². The average Bonchev–Trinajstić information content (AvgIpc) is 2.68. The molecule has 0 saturated carbocycles. The Kier molecular flexibility index (Phi) is 6.18. The SMILES string of the molecule is O=C(NCC1CCN(C(=O)Nc2ccc(F)cc2)CC1)c1ccc(F)cc1F. The van der Waals surface area contributed by atoms with E-state index in [1.54, 1.807) is 4.90 Å². The number of amides is 3. The summed E-state index contributed by atoms with van der Waals surface area (Å²) < 4.78 is 39.5. The van der Waals surface area contributed by atoms with Crippen molar-refractivity contribution in [1.29, 1.82) is 0 Å². The lowest BCUT2D eigenvalue weighted by atomic mass is 9.97. The summed E-state index contributed by atoms with van der Waals surface area (Å²) in [7, 11) is 0. The number of anilines is 1. The van der Waals surface area contributed by atoms with Crippen LogP contribution in [0.2, 0.25) is 0 Å². The van der Waals surface area contributed by atoms with Crippen molar-refractivity contribution in [3.8, 4) is 0 Å². The Morgan fingerprint density at radius 2 is 1.61 bits per heavy atom. The Morgan fingerprint density at radius 1 is 0.964 bits per heavy atom. The van der Waals surface area contributed by atoms with Crippen molar-refractivity contribution >= 4 is 17.6 Å². The minimum atomic E-state index is -0.898. The van der Waals surface area contributed by atoms with Gasteiger partial charge in [0.1, 0.15) is 17.5 Å². The second kappa shape index (κ2) is 8.77. The number of carbonyl (C=O) groups is 2. The summed E-state index contributed by atoms with van der Waals surface area (Å²) in [6.45, 7) is 1.38. The Bertz CT molecular complexity index is 850. The van der Waals surface area contributed by atoms with E-state index in [1.807, 2.05) is 0 Å². The maximum atomic E-state index is 13.6. The molecule has 3 rings (SSSR count). The second-order valence-corrected chi connectivity index (χ2v) is 6.70. The number of benzene rings is 2. The van der Waals surface area contributed by atoms with Crippen molar-refractivity contribution in [3.05, 3.63) is 65.5 Å². The van der Waals surface area contributed by atoms with E-state index in [1.165, 1.54) is 24.3 Å². The van der Waals surface area contributed by atoms with E-state index in [-0.39, 0.29) is 23.3 Å². The zero-order chi connectivity index (χ0) is 20.1. The van der Waals surface area contributed by atoms with E-state index < -0.39 is 17.5 Å². The van der Waals surface area contributed by atoms with Crippen molar-refractivity contribution in [3.63, 3.8) is 0 Å². The lowest BCUT2D eigenvalue weighted by molar-refractivity contribution is 0.0934. The molecule has 1 saturated heterocycles. The van der Waals surface area contributed by atoms with Crippen LogP contribution in [-0.2, 0) is 0 Å². The highest BCUT2D eigenvalue weighted by atomic mass is 19.1. The number of likely N-dealkylation sites (tertiary alicyclic amines) is 1. The largest absolute Gasteiger partial charge is 0.352 e. The zero-order valence-corrected chi connectivity index (χ0v) is 15.1. The summed E-state index contributed by atoms with van der Waals surface area (Å²) in [6.07, 6.45) is 1.37. The Labute approximate surface area is 160 Å². The van der Waals surface area contributed by atoms with Gasteiger partial charge in [-0.15, -0.1) is 0 Å². The van der Waals surface area contributed by atoms with Crippen LogP contribution in [0.5, 0.6) is 0 Å². The van der Waals surface area contributed by atoms with E-state index >= 15 is 0 Å². The lowest BCUT2D eigenvalue weighted by Crippen LogP contribution is -2.43. The molecule has 5 nitrogen and oxygen atoms in total. The number of halogens is 3. The Hall–Kier alpha value is -3.03. The average molecular weight is 391 g/mol. The van der Waals surface area contributed by atoms with Gasteiger partial charge in [0.15, 0.2) is 0 Å². The maximum Gasteiger partial charge on any atom is 0.321 e. The Morgan fingerprint density at radius 3 is 2.25 bits per heavy atom. The molecule has 0 radical (unpaired) electrons. The van der Waals surface area contributed by atoms with Gasteiger partial charge in [-0.25, -0.2) is 18.0 Å². The summed E-state index contributed by atoms with van der Waals surface area (Å²) in [6, 6.07) is 8.09. The van der Waals surface area contributed by atoms with E-state index in [0.29, 0.717) is 44.2 Å². The van der Waals surface area contributed by atoms with Gasteiger partial charge in [0.25, 0.3) is 5.91 Å². The summed E-state index contributed by atoms with van der Waals surface area (Å²) in [4.78, 5) is 26.0. The minimum Gasteiger partial charge on any atom is -0.352 e. The van der Waals surface area contributed by atoms with Crippen molar-refractivity contribution in [1.82, 2.24) is 10.2 Å². The predicted octanol–water partition coefficient (Wildman–Crippen LogP) is 3.78. The molecule has 1 heterocycles. The van der Waals surface area contributed by atoms with Crippen molar-refractivity contribution in [2.45, 2.75) is 12.8 Å². The quantitative estimate of drug-likeness (QED) is 0.833. The first-order valence-corrected chi connectivity index (χ1v) is 8.97. The van der Waals surface area contributed by atoms with Gasteiger partial charge in [0.2, 0.25) is 0 Å². The molecule has 1 aliphatic rings. The first-order chi connectivity index (χ1) is 13.4. The zero-order valence-electron chi connectivity index (χ0n) is 15.1. The highest BCUT2D eigenvalue weighted by Gasteiger charge is 2.23. The summed E-state index contributed by atoms with van der Waals surface area (Å²) in [5, 5.41) is 5.38. The van der Waals surface area contributed by atoms with E-state index in [0.717, 1.165) is 12.1 Å². The fourth-order valence-electron chi connectivity index (χ4n) is 3.08. The first-order valence-electron chi connectivity index (χ1n) is 8.97. The molecule has 0 atom stereocenters. The number of hydrogen-bond donors (Lipinski definition) is 2. The normalized spacial score (nSPS) is 14.6. The topological polar surface area (TPSA) is 61.4 Å². The van der Waals surface area contributed by atoms with E-state index in [9.17, 15) is 22.8 Å². The number of nitrogens with zero attached hydrogens (tertiary/aromatic N) is 1. The number of urea groups is 1. The van der Waals surface area contributed by atoms with Crippen LogP contribution in [0, 0.1) is 23.4 Å². The molecule has 2 N–H and O–H groups in total. The minimum absolute atomic E-state index is 0.155. The molecule has 148 valence electrons. The van der Waals surface area contributed by atoms with Crippen molar-refractivity contribution in [2.24, 2.45) is 5.92 Å². The molecule has 0 aromatic heterocycles. The van der Waals surface area contributed by atoms with Crippen LogP contribution in [0.4, 0.5) is 23.7 Å². The third-order valence-corrected chi connectivity index (χ3v) is 4.72. The van der Waals surface area contributed by atoms with Crippen LogP contribution in [0.25, 0.3) is 0 Å². The summed E-state index contributed by atoms with van der Waals surface area (Å²) in [5.41, 5.74) is 0.319. The first kappa shape index (κ1) is 19.7. The van der Waals surface area contributed by atoms with Gasteiger partial charge in [-0.05, 0) is 55.2 Å². The van der Waals surface area contributed by atoms with Crippen LogP contribution in [0.3, 0.4) is 0 Å². The number of carbonyl (C=O) groups excluding carboxylic acids is 2. The third kappa shape index (κ3) is 5.03. The van der Waals surface area contributed by atoms with Crippen LogP contribution in [-0.4, -0.2) is 36.5 Å². The number of nitrogens with one attached hydrogen (secondary N) is 2.